The summed E-state index contributed by atoms with van der Waals surface area (Å²) >= 11 is 0. The van der Waals surface area contributed by atoms with Crippen molar-refractivity contribution in [1.82, 2.24) is 0 Å². The fraction of sp³-hybridized carbons (Fsp3) is 1.00. The average Bonchev–Trinajstić information content (AvgIpc) is 2.70. The Kier molecular flexibility index (Phi) is 5.37. The van der Waals surface area contributed by atoms with Crippen molar-refractivity contribution in [2.24, 2.45) is 0 Å². The zero-order valence-corrected chi connectivity index (χ0v) is 8.05. The molecule has 0 aromatic heterocycles. The Morgan fingerprint density at radius 2 is 1.33 bits per heavy atom. The molecule has 0 saturated carbocycles. The molecule has 0 aromatic rings. The molecule has 0 radical (unpaired) electrons. The highest BCUT2D eigenvalue weighted by molar-refractivity contribution is 4.58. The summed E-state index contributed by atoms with van der Waals surface area (Å²) < 4.78 is 9.98. The standard InChI is InChI=1S/C7H14O.C3H6O/c1-2-4-6-8-7-5-3-1;1-3-2-4-3/h1-7H2;3H,2H2,1H3. The third-order valence-electron chi connectivity index (χ3n) is 2.08. The van der Waals surface area contributed by atoms with Gasteiger partial charge in [0.25, 0.3) is 0 Å². The van der Waals surface area contributed by atoms with Gasteiger partial charge >= 0.3 is 0 Å². The highest BCUT2D eigenvalue weighted by atomic mass is 16.6. The van der Waals surface area contributed by atoms with Gasteiger partial charge in [-0.15, -0.1) is 0 Å². The molecule has 2 nitrogen and oxygen atoms in total. The lowest BCUT2D eigenvalue weighted by Crippen LogP contribution is -2.00. The minimum absolute atomic E-state index is 0.583. The second kappa shape index (κ2) is 6.44. The molecule has 1 atom stereocenters. The molecule has 0 N–H and O–H groups in total. The van der Waals surface area contributed by atoms with Crippen molar-refractivity contribution in [2.75, 3.05) is 19.8 Å². The van der Waals surface area contributed by atoms with E-state index in [0.29, 0.717) is 6.10 Å². The Morgan fingerprint density at radius 1 is 0.917 bits per heavy atom. The summed E-state index contributed by atoms with van der Waals surface area (Å²) in [5, 5.41) is 0. The quantitative estimate of drug-likeness (QED) is 0.523. The fourth-order valence-electron chi connectivity index (χ4n) is 1.14. The molecule has 2 heterocycles. The van der Waals surface area contributed by atoms with E-state index in [0.717, 1.165) is 19.8 Å². The third-order valence-corrected chi connectivity index (χ3v) is 2.08. The van der Waals surface area contributed by atoms with Crippen molar-refractivity contribution < 1.29 is 9.47 Å². The molecule has 0 spiro atoms. The molecule has 0 aliphatic carbocycles. The number of hydrogen-bond donors (Lipinski definition) is 0. The largest absolute Gasteiger partial charge is 0.381 e. The molecule has 0 bridgehead atoms. The lowest BCUT2D eigenvalue weighted by Gasteiger charge is -2.07. The van der Waals surface area contributed by atoms with Crippen LogP contribution in [0, 0.1) is 0 Å². The Bertz CT molecular complexity index is 76.0. The molecule has 0 amide bonds. The summed E-state index contributed by atoms with van der Waals surface area (Å²) in [6, 6.07) is 0. The van der Waals surface area contributed by atoms with Crippen LogP contribution in [-0.4, -0.2) is 25.9 Å². The van der Waals surface area contributed by atoms with Gasteiger partial charge in [0.1, 0.15) is 0 Å². The predicted octanol–water partition coefficient (Wildman–Crippen LogP) is 2.37. The van der Waals surface area contributed by atoms with E-state index in [1.54, 1.807) is 0 Å². The molecule has 2 saturated heterocycles. The van der Waals surface area contributed by atoms with Crippen LogP contribution >= 0.6 is 0 Å². The van der Waals surface area contributed by atoms with Gasteiger partial charge in [-0.1, -0.05) is 19.3 Å². The summed E-state index contributed by atoms with van der Waals surface area (Å²) in [6.45, 7) is 5.04. The number of epoxide rings is 1. The predicted molar refractivity (Wildman–Crippen MR) is 49.3 cm³/mol. The molecule has 0 aromatic carbocycles. The van der Waals surface area contributed by atoms with Crippen LogP contribution in [0.4, 0.5) is 0 Å². The second-order valence-electron chi connectivity index (χ2n) is 3.52. The van der Waals surface area contributed by atoms with Crippen molar-refractivity contribution in [3.8, 4) is 0 Å². The first kappa shape index (κ1) is 10.0. The van der Waals surface area contributed by atoms with Gasteiger partial charge in [0.05, 0.1) is 12.7 Å². The lowest BCUT2D eigenvalue weighted by atomic mass is 10.1. The van der Waals surface area contributed by atoms with Crippen LogP contribution in [-0.2, 0) is 9.47 Å². The first-order valence-electron chi connectivity index (χ1n) is 5.09. The van der Waals surface area contributed by atoms with Gasteiger partial charge in [-0.2, -0.15) is 0 Å². The first-order chi connectivity index (χ1) is 5.89. The fourth-order valence-corrected chi connectivity index (χ4v) is 1.14. The van der Waals surface area contributed by atoms with Gasteiger partial charge in [-0.05, 0) is 19.8 Å². The molecular weight excluding hydrogens is 152 g/mol. The maximum absolute atomic E-state index is 5.27. The van der Waals surface area contributed by atoms with Crippen LogP contribution in [0.25, 0.3) is 0 Å². The average molecular weight is 172 g/mol. The first-order valence-corrected chi connectivity index (χ1v) is 5.09. The Morgan fingerprint density at radius 3 is 1.75 bits per heavy atom. The maximum Gasteiger partial charge on any atom is 0.0781 e. The minimum Gasteiger partial charge on any atom is -0.381 e. The van der Waals surface area contributed by atoms with Crippen molar-refractivity contribution in [3.05, 3.63) is 0 Å². The number of ether oxygens (including phenoxy) is 2. The van der Waals surface area contributed by atoms with Crippen LogP contribution in [0.5, 0.6) is 0 Å². The molecule has 2 fully saturated rings. The van der Waals surface area contributed by atoms with Gasteiger partial charge in [-0.25, -0.2) is 0 Å². The van der Waals surface area contributed by atoms with E-state index in [1.807, 2.05) is 0 Å². The van der Waals surface area contributed by atoms with E-state index < -0.39 is 0 Å². The molecule has 2 rings (SSSR count). The summed E-state index contributed by atoms with van der Waals surface area (Å²) in [6.07, 6.45) is 7.31. The molecule has 72 valence electrons. The van der Waals surface area contributed by atoms with Crippen LogP contribution < -0.4 is 0 Å². The molecule has 2 heteroatoms. The van der Waals surface area contributed by atoms with Crippen LogP contribution in [0.15, 0.2) is 0 Å². The van der Waals surface area contributed by atoms with E-state index in [2.05, 4.69) is 6.92 Å². The van der Waals surface area contributed by atoms with Crippen LogP contribution in [0.2, 0.25) is 0 Å². The van der Waals surface area contributed by atoms with E-state index in [1.165, 1.54) is 32.1 Å². The molecular formula is C10H20O2. The van der Waals surface area contributed by atoms with E-state index in [-0.39, 0.29) is 0 Å². The molecule has 1 unspecified atom stereocenters. The van der Waals surface area contributed by atoms with Gasteiger partial charge < -0.3 is 9.47 Å². The van der Waals surface area contributed by atoms with Gasteiger partial charge in [0.15, 0.2) is 0 Å². The summed E-state index contributed by atoms with van der Waals surface area (Å²) in [4.78, 5) is 0. The van der Waals surface area contributed by atoms with Gasteiger partial charge in [0.2, 0.25) is 0 Å². The van der Waals surface area contributed by atoms with Crippen molar-refractivity contribution in [1.29, 1.82) is 0 Å². The van der Waals surface area contributed by atoms with Crippen molar-refractivity contribution >= 4 is 0 Å². The Balaban J connectivity index is 0.000000150. The highest BCUT2D eigenvalue weighted by Crippen LogP contribution is 2.06. The number of hydrogen-bond acceptors (Lipinski definition) is 2. The highest BCUT2D eigenvalue weighted by Gasteiger charge is 2.13. The topological polar surface area (TPSA) is 21.8 Å². The molecule has 2 aliphatic rings. The lowest BCUT2D eigenvalue weighted by molar-refractivity contribution is 0.116. The van der Waals surface area contributed by atoms with Gasteiger partial charge in [0, 0.05) is 13.2 Å². The zero-order valence-electron chi connectivity index (χ0n) is 8.05. The summed E-state index contributed by atoms with van der Waals surface area (Å²) in [5.41, 5.74) is 0. The maximum atomic E-state index is 5.27. The Labute approximate surface area is 75.2 Å². The third kappa shape index (κ3) is 6.62. The van der Waals surface area contributed by atoms with E-state index >= 15 is 0 Å². The minimum atomic E-state index is 0.583. The normalized spacial score (nSPS) is 29.2. The number of rotatable bonds is 0. The smallest absolute Gasteiger partial charge is 0.0781 e. The summed E-state index contributed by atoms with van der Waals surface area (Å²) in [5.74, 6) is 0. The monoisotopic (exact) mass is 172 g/mol. The second-order valence-corrected chi connectivity index (χ2v) is 3.52. The SMILES string of the molecule is C1CCCOCCC1.CC1CO1. The van der Waals surface area contributed by atoms with E-state index in [9.17, 15) is 0 Å². The van der Waals surface area contributed by atoms with Gasteiger partial charge in [-0.3, -0.25) is 0 Å². The summed E-state index contributed by atoms with van der Waals surface area (Å²) in [7, 11) is 0. The van der Waals surface area contributed by atoms with E-state index in [4.69, 9.17) is 9.47 Å². The zero-order chi connectivity index (χ0) is 8.65. The van der Waals surface area contributed by atoms with Crippen molar-refractivity contribution in [3.63, 3.8) is 0 Å². The molecule has 12 heavy (non-hydrogen) atoms. The van der Waals surface area contributed by atoms with Crippen LogP contribution in [0.3, 0.4) is 0 Å². The Hall–Kier alpha value is -0.0800. The molecule has 2 aliphatic heterocycles. The van der Waals surface area contributed by atoms with Crippen LogP contribution in [0.1, 0.15) is 39.0 Å². The van der Waals surface area contributed by atoms with Crippen molar-refractivity contribution in [2.45, 2.75) is 45.1 Å².